The molecule has 0 spiro atoms. The Labute approximate surface area is 208 Å². The molecule has 2 heterocycles. The van der Waals surface area contributed by atoms with Crippen molar-refractivity contribution in [1.82, 2.24) is 4.98 Å². The Morgan fingerprint density at radius 2 is 1.88 bits per heavy atom. The van der Waals surface area contributed by atoms with E-state index in [2.05, 4.69) is 20.9 Å². The molecule has 1 fully saturated rings. The van der Waals surface area contributed by atoms with Gasteiger partial charge in [0, 0.05) is 10.0 Å². The summed E-state index contributed by atoms with van der Waals surface area (Å²) in [4.78, 5) is 32.7. The van der Waals surface area contributed by atoms with E-state index >= 15 is 0 Å². The van der Waals surface area contributed by atoms with Gasteiger partial charge in [0.15, 0.2) is 5.13 Å². The second-order valence-corrected chi connectivity index (χ2v) is 9.85. The molecular weight excluding hydrogens is 516 g/mol. The van der Waals surface area contributed by atoms with E-state index < -0.39 is 17.7 Å². The Bertz CT molecular complexity index is 1490. The summed E-state index contributed by atoms with van der Waals surface area (Å²) >= 11 is 4.81. The smallest absolute Gasteiger partial charge is 0.301 e. The Hall–Kier alpha value is -3.49. The lowest BCUT2D eigenvalue weighted by atomic mass is 9.95. The molecule has 1 N–H and O–H groups in total. The molecule has 0 saturated carbocycles. The number of halogens is 1. The number of rotatable bonds is 4. The Morgan fingerprint density at radius 1 is 1.09 bits per heavy atom. The molecule has 1 atom stereocenters. The van der Waals surface area contributed by atoms with Crippen molar-refractivity contribution in [3.63, 3.8) is 0 Å². The van der Waals surface area contributed by atoms with Gasteiger partial charge in [-0.05, 0) is 54.4 Å². The minimum Gasteiger partial charge on any atom is -0.507 e. The SMILES string of the molecule is COc1cccc(C(O)=C2C(=O)C(=O)N(c3nc4ccc(C)cc4s3)C2c2cccc(Br)c2)c1. The number of fused-ring (bicyclic) bond motifs is 1. The zero-order valence-corrected chi connectivity index (χ0v) is 20.7. The van der Waals surface area contributed by atoms with Crippen LogP contribution in [0.3, 0.4) is 0 Å². The second kappa shape index (κ2) is 8.70. The molecule has 1 aliphatic heterocycles. The number of amides is 1. The number of carbonyl (C=O) groups excluding carboxylic acids is 2. The van der Waals surface area contributed by atoms with Crippen LogP contribution in [0.5, 0.6) is 5.75 Å². The molecule has 4 aromatic rings. The number of nitrogens with zero attached hydrogens (tertiary/aromatic N) is 2. The van der Waals surface area contributed by atoms with Gasteiger partial charge >= 0.3 is 5.91 Å². The lowest BCUT2D eigenvalue weighted by Gasteiger charge is -2.23. The summed E-state index contributed by atoms with van der Waals surface area (Å²) in [6, 6.07) is 19.1. The van der Waals surface area contributed by atoms with E-state index in [1.54, 1.807) is 24.3 Å². The number of hydrogen-bond acceptors (Lipinski definition) is 6. The van der Waals surface area contributed by atoms with Gasteiger partial charge in [-0.1, -0.05) is 57.6 Å². The van der Waals surface area contributed by atoms with E-state index in [9.17, 15) is 14.7 Å². The first-order valence-electron chi connectivity index (χ1n) is 10.5. The third-order valence-corrected chi connectivity index (χ3v) is 7.20. The maximum Gasteiger partial charge on any atom is 0.301 e. The monoisotopic (exact) mass is 534 g/mol. The molecule has 1 aromatic heterocycles. The van der Waals surface area contributed by atoms with Crippen LogP contribution in [-0.4, -0.2) is 28.9 Å². The first-order valence-corrected chi connectivity index (χ1v) is 12.1. The molecule has 0 radical (unpaired) electrons. The molecule has 0 aliphatic carbocycles. The number of ether oxygens (including phenoxy) is 1. The highest BCUT2D eigenvalue weighted by atomic mass is 79.9. The molecule has 170 valence electrons. The van der Waals surface area contributed by atoms with Gasteiger partial charge in [-0.2, -0.15) is 0 Å². The van der Waals surface area contributed by atoms with Crippen molar-refractivity contribution in [3.8, 4) is 5.75 Å². The number of aryl methyl sites for hydroxylation is 1. The zero-order chi connectivity index (χ0) is 24.0. The van der Waals surface area contributed by atoms with Crippen LogP contribution in [0.2, 0.25) is 0 Å². The van der Waals surface area contributed by atoms with Crippen LogP contribution in [0.25, 0.3) is 16.0 Å². The number of Topliss-reactive ketones (excluding diaryl/α,β-unsaturated/α-hetero) is 1. The van der Waals surface area contributed by atoms with Gasteiger partial charge in [0.2, 0.25) is 0 Å². The summed E-state index contributed by atoms with van der Waals surface area (Å²) in [6.07, 6.45) is 0. The first-order chi connectivity index (χ1) is 16.4. The van der Waals surface area contributed by atoms with E-state index in [1.165, 1.54) is 23.3 Å². The predicted octanol–water partition coefficient (Wildman–Crippen LogP) is 6.00. The number of aromatic nitrogens is 1. The summed E-state index contributed by atoms with van der Waals surface area (Å²) in [5.74, 6) is -1.23. The number of anilines is 1. The first kappa shape index (κ1) is 22.3. The molecule has 8 heteroatoms. The van der Waals surface area contributed by atoms with Crippen molar-refractivity contribution in [2.45, 2.75) is 13.0 Å². The van der Waals surface area contributed by atoms with Crippen molar-refractivity contribution in [3.05, 3.63) is 93.5 Å². The van der Waals surface area contributed by atoms with E-state index in [0.717, 1.165) is 20.3 Å². The highest BCUT2D eigenvalue weighted by Crippen LogP contribution is 2.44. The molecule has 1 unspecified atom stereocenters. The average molecular weight is 535 g/mol. The maximum absolute atomic E-state index is 13.3. The Morgan fingerprint density at radius 3 is 2.65 bits per heavy atom. The molecule has 3 aromatic carbocycles. The Balaban J connectivity index is 1.74. The molecule has 1 saturated heterocycles. The van der Waals surface area contributed by atoms with Gasteiger partial charge in [-0.25, -0.2) is 4.98 Å². The van der Waals surface area contributed by atoms with Gasteiger partial charge in [0.05, 0.1) is 28.9 Å². The summed E-state index contributed by atoms with van der Waals surface area (Å²) in [5, 5.41) is 11.7. The van der Waals surface area contributed by atoms with Crippen LogP contribution in [-0.2, 0) is 9.59 Å². The van der Waals surface area contributed by atoms with E-state index in [0.29, 0.717) is 22.0 Å². The van der Waals surface area contributed by atoms with E-state index in [1.807, 2.05) is 49.4 Å². The van der Waals surface area contributed by atoms with Gasteiger partial charge in [-0.3, -0.25) is 14.5 Å². The zero-order valence-electron chi connectivity index (χ0n) is 18.3. The van der Waals surface area contributed by atoms with Crippen molar-refractivity contribution >= 4 is 60.1 Å². The van der Waals surface area contributed by atoms with Gasteiger partial charge in [-0.15, -0.1) is 0 Å². The number of benzene rings is 3. The summed E-state index contributed by atoms with van der Waals surface area (Å²) < 4.78 is 6.97. The third kappa shape index (κ3) is 3.78. The molecule has 6 nitrogen and oxygen atoms in total. The standard InChI is InChI=1S/C26H19BrN2O4S/c1-14-9-10-19-20(11-14)34-26(28-19)29-22(15-5-3-7-17(27)12-15)21(24(31)25(29)32)23(30)16-6-4-8-18(13-16)33-2/h3-13,22,30H,1-2H3. The fourth-order valence-electron chi connectivity index (χ4n) is 4.07. The molecule has 0 bridgehead atoms. The average Bonchev–Trinajstić information content (AvgIpc) is 3.36. The van der Waals surface area contributed by atoms with Gasteiger partial charge < -0.3 is 9.84 Å². The lowest BCUT2D eigenvalue weighted by molar-refractivity contribution is -0.132. The highest BCUT2D eigenvalue weighted by molar-refractivity contribution is 9.10. The van der Waals surface area contributed by atoms with Crippen molar-refractivity contribution < 1.29 is 19.4 Å². The number of aliphatic hydroxyl groups excluding tert-OH is 1. The summed E-state index contributed by atoms with van der Waals surface area (Å²) in [5.41, 5.74) is 2.89. The van der Waals surface area contributed by atoms with Crippen LogP contribution in [0.4, 0.5) is 5.13 Å². The molecule has 34 heavy (non-hydrogen) atoms. The topological polar surface area (TPSA) is 79.7 Å². The number of hydrogen-bond donors (Lipinski definition) is 1. The lowest BCUT2D eigenvalue weighted by Crippen LogP contribution is -2.29. The number of methoxy groups -OCH3 is 1. The maximum atomic E-state index is 13.3. The number of carbonyl (C=O) groups is 2. The van der Waals surface area contributed by atoms with E-state index in [4.69, 9.17) is 4.74 Å². The highest BCUT2D eigenvalue weighted by Gasteiger charge is 2.48. The Kier molecular flexibility index (Phi) is 5.71. The molecular formula is C26H19BrN2O4S. The molecule has 5 rings (SSSR count). The van der Waals surface area contributed by atoms with Crippen LogP contribution in [0.15, 0.2) is 76.8 Å². The summed E-state index contributed by atoms with van der Waals surface area (Å²) in [6.45, 7) is 1.99. The largest absolute Gasteiger partial charge is 0.507 e. The summed E-state index contributed by atoms with van der Waals surface area (Å²) in [7, 11) is 1.52. The van der Waals surface area contributed by atoms with E-state index in [-0.39, 0.29) is 11.3 Å². The van der Waals surface area contributed by atoms with Crippen LogP contribution < -0.4 is 9.64 Å². The predicted molar refractivity (Wildman–Crippen MR) is 136 cm³/mol. The minimum absolute atomic E-state index is 0.00629. The number of thiazole rings is 1. The van der Waals surface area contributed by atoms with Crippen molar-refractivity contribution in [2.75, 3.05) is 12.0 Å². The van der Waals surface area contributed by atoms with Crippen molar-refractivity contribution in [2.24, 2.45) is 0 Å². The second-order valence-electron chi connectivity index (χ2n) is 7.92. The van der Waals surface area contributed by atoms with Gasteiger partial charge in [0.25, 0.3) is 5.78 Å². The van der Waals surface area contributed by atoms with Crippen LogP contribution >= 0.6 is 27.3 Å². The van der Waals surface area contributed by atoms with Crippen LogP contribution in [0, 0.1) is 6.92 Å². The number of aliphatic hydroxyl groups is 1. The quantitative estimate of drug-likeness (QED) is 0.197. The normalized spacial score (nSPS) is 17.5. The van der Waals surface area contributed by atoms with Crippen LogP contribution in [0.1, 0.15) is 22.7 Å². The molecule has 1 amide bonds. The number of ketones is 1. The van der Waals surface area contributed by atoms with Crippen molar-refractivity contribution in [1.29, 1.82) is 0 Å². The minimum atomic E-state index is -0.842. The fraction of sp³-hybridized carbons (Fsp3) is 0.115. The third-order valence-electron chi connectivity index (χ3n) is 5.69. The fourth-order valence-corrected chi connectivity index (χ4v) is 5.58. The molecule has 1 aliphatic rings. The van der Waals surface area contributed by atoms with Gasteiger partial charge in [0.1, 0.15) is 11.5 Å².